The molecule has 9 nitrogen and oxygen atoms in total. The van der Waals surface area contributed by atoms with Gasteiger partial charge in [-0.05, 0) is 67.4 Å². The molecule has 0 saturated carbocycles. The number of piperidine rings is 1. The number of aliphatic hydroxyl groups is 1. The third-order valence-electron chi connectivity index (χ3n) is 6.92. The van der Waals surface area contributed by atoms with E-state index in [9.17, 15) is 15.0 Å². The van der Waals surface area contributed by atoms with Crippen LogP contribution in [0.1, 0.15) is 29.6 Å². The first-order chi connectivity index (χ1) is 18.1. The van der Waals surface area contributed by atoms with E-state index in [1.807, 2.05) is 24.3 Å². The zero-order chi connectivity index (χ0) is 25.8. The molecule has 0 spiro atoms. The molecule has 37 heavy (non-hydrogen) atoms. The number of benzene rings is 2. The van der Waals surface area contributed by atoms with Gasteiger partial charge in [-0.15, -0.1) is 0 Å². The Morgan fingerprint density at radius 3 is 2.92 bits per heavy atom. The van der Waals surface area contributed by atoms with Gasteiger partial charge in [-0.25, -0.2) is 9.97 Å². The van der Waals surface area contributed by atoms with Crippen LogP contribution in [0.3, 0.4) is 0 Å². The van der Waals surface area contributed by atoms with E-state index in [0.29, 0.717) is 41.4 Å². The number of likely N-dealkylation sites (tertiary alicyclic amines) is 1. The lowest BCUT2D eigenvalue weighted by Gasteiger charge is -2.34. The van der Waals surface area contributed by atoms with Crippen molar-refractivity contribution in [2.45, 2.75) is 25.3 Å². The van der Waals surface area contributed by atoms with Gasteiger partial charge in [0, 0.05) is 36.5 Å². The van der Waals surface area contributed by atoms with E-state index >= 15 is 0 Å². The van der Waals surface area contributed by atoms with Gasteiger partial charge in [0.1, 0.15) is 11.6 Å². The molecule has 2 aromatic heterocycles. The molecule has 1 saturated heterocycles. The quantitative estimate of drug-likeness (QED) is 0.291. The first-order valence-electron chi connectivity index (χ1n) is 12.5. The lowest BCUT2D eigenvalue weighted by atomic mass is 10.0. The molecule has 192 valence electrons. The van der Waals surface area contributed by atoms with Crippen LogP contribution in [0.2, 0.25) is 0 Å². The van der Waals surface area contributed by atoms with Crippen LogP contribution in [0, 0.1) is 0 Å². The number of imidazole rings is 1. The average Bonchev–Trinajstić information content (AvgIpc) is 3.36. The van der Waals surface area contributed by atoms with Crippen LogP contribution in [0.25, 0.3) is 33.5 Å². The van der Waals surface area contributed by atoms with Crippen molar-refractivity contribution in [3.8, 4) is 34.1 Å². The standard InChI is InChI=1S/C28H31N5O4/c1-37-28-21(6-4-11-30-28)18-8-10-25(35)22(15-18)26-31-23-9-7-19(16-24(23)32-26)27(36)29-12-14-33-13-3-2-5-20(33)17-34/h4,6-11,15-16,20,34-35H,2-3,5,12-14,17H2,1H3,(H,29,36)(H,31,32). The molecule has 1 aliphatic heterocycles. The Bertz CT molecular complexity index is 1400. The fraction of sp³-hybridized carbons (Fsp3) is 0.321. The second kappa shape index (κ2) is 11.0. The molecule has 1 aliphatic rings. The molecule has 5 rings (SSSR count). The largest absolute Gasteiger partial charge is 0.507 e. The summed E-state index contributed by atoms with van der Waals surface area (Å²) in [4.78, 5) is 27.2. The number of nitrogens with one attached hydrogen (secondary N) is 2. The van der Waals surface area contributed by atoms with Crippen LogP contribution in [0.5, 0.6) is 11.6 Å². The van der Waals surface area contributed by atoms with E-state index in [2.05, 4.69) is 25.2 Å². The van der Waals surface area contributed by atoms with E-state index in [1.54, 1.807) is 37.6 Å². The summed E-state index contributed by atoms with van der Waals surface area (Å²) in [5.74, 6) is 0.904. The van der Waals surface area contributed by atoms with Gasteiger partial charge < -0.3 is 25.3 Å². The van der Waals surface area contributed by atoms with Crippen molar-refractivity contribution in [1.82, 2.24) is 25.2 Å². The first kappa shape index (κ1) is 24.7. The molecule has 1 amide bonds. The SMILES string of the molecule is COc1ncccc1-c1ccc(O)c(-c2nc3cc(C(=O)NCCN4CCCCC4CO)ccc3[nH]2)c1. The Kier molecular flexibility index (Phi) is 7.34. The highest BCUT2D eigenvalue weighted by Gasteiger charge is 2.21. The molecule has 0 radical (unpaired) electrons. The number of phenolic OH excluding ortho intramolecular Hbond substituents is 1. The predicted molar refractivity (Wildman–Crippen MR) is 142 cm³/mol. The third-order valence-corrected chi connectivity index (χ3v) is 6.92. The van der Waals surface area contributed by atoms with Crippen LogP contribution in [0.15, 0.2) is 54.7 Å². The highest BCUT2D eigenvalue weighted by molar-refractivity contribution is 5.97. The molecule has 1 fully saturated rings. The van der Waals surface area contributed by atoms with Crippen LogP contribution >= 0.6 is 0 Å². The second-order valence-electron chi connectivity index (χ2n) is 9.23. The van der Waals surface area contributed by atoms with E-state index in [-0.39, 0.29) is 24.3 Å². The minimum absolute atomic E-state index is 0.0857. The number of aromatic amines is 1. The maximum absolute atomic E-state index is 12.8. The number of carbonyl (C=O) groups excluding carboxylic acids is 1. The van der Waals surface area contributed by atoms with Gasteiger partial charge in [0.15, 0.2) is 0 Å². The van der Waals surface area contributed by atoms with Crippen LogP contribution < -0.4 is 10.1 Å². The predicted octanol–water partition coefficient (Wildman–Crippen LogP) is 3.58. The highest BCUT2D eigenvalue weighted by atomic mass is 16.5. The summed E-state index contributed by atoms with van der Waals surface area (Å²) in [6, 6.07) is 14.5. The topological polar surface area (TPSA) is 124 Å². The molecule has 0 aliphatic carbocycles. The number of phenols is 1. The Balaban J connectivity index is 1.33. The van der Waals surface area contributed by atoms with Crippen molar-refractivity contribution in [2.24, 2.45) is 0 Å². The number of hydrogen-bond donors (Lipinski definition) is 4. The number of amides is 1. The average molecular weight is 502 g/mol. The summed E-state index contributed by atoms with van der Waals surface area (Å²) in [7, 11) is 1.57. The number of methoxy groups -OCH3 is 1. The molecule has 9 heteroatoms. The van der Waals surface area contributed by atoms with Gasteiger partial charge in [0.05, 0.1) is 30.3 Å². The number of H-pyrrole nitrogens is 1. The Morgan fingerprint density at radius 2 is 2.08 bits per heavy atom. The van der Waals surface area contributed by atoms with Gasteiger partial charge in [-0.3, -0.25) is 9.69 Å². The first-order valence-corrected chi connectivity index (χ1v) is 12.5. The fourth-order valence-electron chi connectivity index (χ4n) is 4.92. The lowest BCUT2D eigenvalue weighted by molar-refractivity contribution is 0.0849. The van der Waals surface area contributed by atoms with Crippen LogP contribution in [0.4, 0.5) is 0 Å². The molecule has 4 N–H and O–H groups in total. The number of aromatic hydroxyl groups is 1. The molecule has 1 atom stereocenters. The molecule has 1 unspecified atom stereocenters. The maximum Gasteiger partial charge on any atom is 0.251 e. The van der Waals surface area contributed by atoms with Crippen molar-refractivity contribution >= 4 is 16.9 Å². The van der Waals surface area contributed by atoms with E-state index in [0.717, 1.165) is 42.5 Å². The smallest absolute Gasteiger partial charge is 0.251 e. The molecule has 2 aromatic carbocycles. The number of aliphatic hydroxyl groups excluding tert-OH is 1. The fourth-order valence-corrected chi connectivity index (χ4v) is 4.92. The van der Waals surface area contributed by atoms with E-state index in [1.165, 1.54) is 0 Å². The highest BCUT2D eigenvalue weighted by Crippen LogP contribution is 2.35. The van der Waals surface area contributed by atoms with Crippen molar-refractivity contribution < 1.29 is 19.7 Å². The van der Waals surface area contributed by atoms with Gasteiger partial charge in [-0.2, -0.15) is 0 Å². The molecule has 4 aromatic rings. The number of aromatic nitrogens is 3. The number of ether oxygens (including phenoxy) is 1. The maximum atomic E-state index is 12.8. The van der Waals surface area contributed by atoms with Gasteiger partial charge >= 0.3 is 0 Å². The third kappa shape index (κ3) is 5.28. The summed E-state index contributed by atoms with van der Waals surface area (Å²) >= 11 is 0. The molecule has 0 bridgehead atoms. The normalized spacial score (nSPS) is 16.1. The minimum Gasteiger partial charge on any atom is -0.507 e. The summed E-state index contributed by atoms with van der Waals surface area (Å²) < 4.78 is 5.38. The van der Waals surface area contributed by atoms with Crippen molar-refractivity contribution in [1.29, 1.82) is 0 Å². The Labute approximate surface area is 215 Å². The van der Waals surface area contributed by atoms with Crippen molar-refractivity contribution in [3.63, 3.8) is 0 Å². The summed E-state index contributed by atoms with van der Waals surface area (Å²) in [6.45, 7) is 2.33. The number of carbonyl (C=O) groups is 1. The van der Waals surface area contributed by atoms with E-state index in [4.69, 9.17) is 4.74 Å². The zero-order valence-corrected chi connectivity index (χ0v) is 20.8. The van der Waals surface area contributed by atoms with Gasteiger partial charge in [0.2, 0.25) is 5.88 Å². The number of fused-ring (bicyclic) bond motifs is 1. The lowest BCUT2D eigenvalue weighted by Crippen LogP contribution is -2.45. The van der Waals surface area contributed by atoms with Gasteiger partial charge in [0.25, 0.3) is 5.91 Å². The monoisotopic (exact) mass is 501 g/mol. The van der Waals surface area contributed by atoms with Gasteiger partial charge in [-0.1, -0.05) is 12.5 Å². The zero-order valence-electron chi connectivity index (χ0n) is 20.8. The minimum atomic E-state index is -0.169. The van der Waals surface area contributed by atoms with E-state index < -0.39 is 0 Å². The summed E-state index contributed by atoms with van der Waals surface area (Å²) in [6.07, 6.45) is 4.92. The van der Waals surface area contributed by atoms with Crippen molar-refractivity contribution in [2.75, 3.05) is 33.4 Å². The Morgan fingerprint density at radius 1 is 1.19 bits per heavy atom. The summed E-state index contributed by atoms with van der Waals surface area (Å²) in [5.41, 5.74) is 4.07. The molecule has 3 heterocycles. The summed E-state index contributed by atoms with van der Waals surface area (Å²) in [5, 5.41) is 23.1. The Hall–Kier alpha value is -3.95. The van der Waals surface area contributed by atoms with Crippen LogP contribution in [-0.4, -0.2) is 75.4 Å². The number of pyridine rings is 1. The number of rotatable bonds is 8. The molecular weight excluding hydrogens is 470 g/mol. The van der Waals surface area contributed by atoms with Crippen molar-refractivity contribution in [3.05, 3.63) is 60.3 Å². The number of hydrogen-bond acceptors (Lipinski definition) is 7. The second-order valence-corrected chi connectivity index (χ2v) is 9.23. The number of nitrogens with zero attached hydrogens (tertiary/aromatic N) is 3. The van der Waals surface area contributed by atoms with Crippen LogP contribution in [-0.2, 0) is 0 Å². The molecular formula is C28H31N5O4.